The van der Waals surface area contributed by atoms with Gasteiger partial charge in [0.25, 0.3) is 0 Å². The molecule has 0 unspecified atom stereocenters. The molecule has 0 heterocycles. The smallest absolute Gasteiger partial charge is 0.00266 e. The van der Waals surface area contributed by atoms with Gasteiger partial charge in [-0.3, -0.25) is 0 Å². The van der Waals surface area contributed by atoms with E-state index in [4.69, 9.17) is 0 Å². The number of benzene rings is 10. The molecule has 0 atom stereocenters. The van der Waals surface area contributed by atoms with Gasteiger partial charge in [-0.15, -0.1) is 0 Å². The minimum Gasteiger partial charge on any atom is -0.0622 e. The van der Waals surface area contributed by atoms with Crippen molar-refractivity contribution >= 4 is 43.1 Å². The maximum atomic E-state index is 2.39. The van der Waals surface area contributed by atoms with Gasteiger partial charge < -0.3 is 0 Å². The third kappa shape index (κ3) is 5.25. The molecule has 0 fully saturated rings. The van der Waals surface area contributed by atoms with Crippen LogP contribution in [0.1, 0.15) is 0 Å². The Morgan fingerprint density at radius 3 is 1.33 bits per heavy atom. The van der Waals surface area contributed by atoms with E-state index in [2.05, 4.69) is 206 Å². The van der Waals surface area contributed by atoms with E-state index < -0.39 is 0 Å². The van der Waals surface area contributed by atoms with Gasteiger partial charge in [0.1, 0.15) is 0 Å². The Kier molecular flexibility index (Phi) is 7.25. The van der Waals surface area contributed by atoms with Crippen LogP contribution in [0.3, 0.4) is 0 Å². The lowest BCUT2D eigenvalue weighted by Crippen LogP contribution is -1.89. The number of rotatable bonds is 5. The van der Waals surface area contributed by atoms with E-state index in [-0.39, 0.29) is 0 Å². The minimum absolute atomic E-state index is 1.22. The fourth-order valence-corrected chi connectivity index (χ4v) is 8.08. The zero-order valence-corrected chi connectivity index (χ0v) is 28.6. The fraction of sp³-hybridized carbons (Fsp3) is 0. The first-order chi connectivity index (χ1) is 25.8. The lowest BCUT2D eigenvalue weighted by molar-refractivity contribution is 1.61. The van der Waals surface area contributed by atoms with Crippen LogP contribution in [0.4, 0.5) is 0 Å². The number of hydrogen-bond acceptors (Lipinski definition) is 0. The predicted molar refractivity (Wildman–Crippen MR) is 224 cm³/mol. The largest absolute Gasteiger partial charge is 0.0622 e. The standard InChI is InChI=1S/C52H34/c1-2-14-37(15-3-1)52-50-29-28-40(38-18-8-20-42(30-38)48-24-10-16-35-12-4-6-22-46(35)48)32-45(50)33-44-27-26-41(34-51(44)52)39-19-9-21-43(31-39)49-25-11-17-36-13-5-7-23-47(36)49/h1-34H. The molecule has 0 aromatic heterocycles. The number of fused-ring (bicyclic) bond motifs is 4. The summed E-state index contributed by atoms with van der Waals surface area (Å²) in [7, 11) is 0. The highest BCUT2D eigenvalue weighted by Gasteiger charge is 2.14. The molecule has 0 amide bonds. The lowest BCUT2D eigenvalue weighted by Gasteiger charge is -2.16. The monoisotopic (exact) mass is 658 g/mol. The summed E-state index contributed by atoms with van der Waals surface area (Å²) in [5.74, 6) is 0. The Bertz CT molecular complexity index is 2940. The SMILES string of the molecule is c1ccc(-c2c3ccc(-c4cccc(-c5cccc6ccccc56)c4)cc3cc3ccc(-c4cccc(-c5cccc6ccccc56)c4)cc23)cc1. The highest BCUT2D eigenvalue weighted by Crippen LogP contribution is 2.41. The topological polar surface area (TPSA) is 0 Å². The third-order valence-corrected chi connectivity index (χ3v) is 10.6. The molecule has 0 radical (unpaired) electrons. The van der Waals surface area contributed by atoms with Gasteiger partial charge in [0.15, 0.2) is 0 Å². The summed E-state index contributed by atoms with van der Waals surface area (Å²) < 4.78 is 0. The molecule has 0 heteroatoms. The van der Waals surface area contributed by atoms with Crippen LogP contribution in [0.5, 0.6) is 0 Å². The molecular weight excluding hydrogens is 625 g/mol. The Hall–Kier alpha value is -6.76. The normalized spacial score (nSPS) is 11.5. The lowest BCUT2D eigenvalue weighted by atomic mass is 9.88. The molecule has 52 heavy (non-hydrogen) atoms. The molecule has 0 aliphatic carbocycles. The van der Waals surface area contributed by atoms with E-state index in [0.29, 0.717) is 0 Å². The molecule has 0 nitrogen and oxygen atoms in total. The Balaban J connectivity index is 1.10. The van der Waals surface area contributed by atoms with Crippen LogP contribution in [0.15, 0.2) is 206 Å². The molecule has 242 valence electrons. The van der Waals surface area contributed by atoms with E-state index in [1.165, 1.54) is 98.7 Å². The molecular formula is C52H34. The zero-order valence-electron chi connectivity index (χ0n) is 28.6. The maximum Gasteiger partial charge on any atom is -0.00266 e. The predicted octanol–water partition coefficient (Wildman–Crippen LogP) is 14.6. The van der Waals surface area contributed by atoms with Crippen LogP contribution in [0, 0.1) is 0 Å². The molecule has 0 saturated heterocycles. The molecule has 0 saturated carbocycles. The summed E-state index contributed by atoms with van der Waals surface area (Å²) in [5, 5.41) is 10.1. The molecule has 0 aliphatic heterocycles. The summed E-state index contributed by atoms with van der Waals surface area (Å²) in [4.78, 5) is 0. The van der Waals surface area contributed by atoms with Gasteiger partial charge in [-0.05, 0) is 129 Å². The van der Waals surface area contributed by atoms with Crippen molar-refractivity contribution in [3.8, 4) is 55.6 Å². The van der Waals surface area contributed by atoms with E-state index >= 15 is 0 Å². The van der Waals surface area contributed by atoms with Gasteiger partial charge in [0.2, 0.25) is 0 Å². The van der Waals surface area contributed by atoms with E-state index in [0.717, 1.165) is 0 Å². The van der Waals surface area contributed by atoms with Gasteiger partial charge in [-0.25, -0.2) is 0 Å². The van der Waals surface area contributed by atoms with Gasteiger partial charge in [0.05, 0.1) is 0 Å². The second kappa shape index (κ2) is 12.5. The van der Waals surface area contributed by atoms with Crippen molar-refractivity contribution in [3.63, 3.8) is 0 Å². The molecule has 10 rings (SSSR count). The van der Waals surface area contributed by atoms with Crippen molar-refractivity contribution in [2.75, 3.05) is 0 Å². The summed E-state index contributed by atoms with van der Waals surface area (Å²) in [5.41, 5.74) is 12.3. The summed E-state index contributed by atoms with van der Waals surface area (Å²) >= 11 is 0. The minimum atomic E-state index is 1.22. The van der Waals surface area contributed by atoms with Crippen molar-refractivity contribution in [2.45, 2.75) is 0 Å². The van der Waals surface area contributed by atoms with Crippen LogP contribution >= 0.6 is 0 Å². The van der Waals surface area contributed by atoms with E-state index in [1.54, 1.807) is 0 Å². The van der Waals surface area contributed by atoms with Crippen molar-refractivity contribution in [2.24, 2.45) is 0 Å². The summed E-state index contributed by atoms with van der Waals surface area (Å²) in [6.45, 7) is 0. The second-order valence-electron chi connectivity index (χ2n) is 13.7. The van der Waals surface area contributed by atoms with Crippen LogP contribution in [-0.4, -0.2) is 0 Å². The molecule has 10 aromatic rings. The first-order valence-corrected chi connectivity index (χ1v) is 18.0. The van der Waals surface area contributed by atoms with Gasteiger partial charge in [-0.1, -0.05) is 176 Å². The average Bonchev–Trinajstić information content (AvgIpc) is 3.22. The molecule has 0 N–H and O–H groups in total. The van der Waals surface area contributed by atoms with Crippen LogP contribution < -0.4 is 0 Å². The van der Waals surface area contributed by atoms with Crippen LogP contribution in [0.2, 0.25) is 0 Å². The maximum absolute atomic E-state index is 2.39. The number of hydrogen-bond donors (Lipinski definition) is 0. The van der Waals surface area contributed by atoms with Gasteiger partial charge in [-0.2, -0.15) is 0 Å². The fourth-order valence-electron chi connectivity index (χ4n) is 8.08. The zero-order chi connectivity index (χ0) is 34.4. The third-order valence-electron chi connectivity index (χ3n) is 10.6. The van der Waals surface area contributed by atoms with E-state index in [9.17, 15) is 0 Å². The van der Waals surface area contributed by atoms with Gasteiger partial charge >= 0.3 is 0 Å². The molecule has 0 spiro atoms. The molecule has 10 aromatic carbocycles. The Labute approximate surface area is 303 Å². The Morgan fingerprint density at radius 1 is 0.192 bits per heavy atom. The highest BCUT2D eigenvalue weighted by atomic mass is 14.2. The highest BCUT2D eigenvalue weighted by molar-refractivity contribution is 6.14. The average molecular weight is 659 g/mol. The quantitative estimate of drug-likeness (QED) is 0.161. The van der Waals surface area contributed by atoms with Crippen LogP contribution in [0.25, 0.3) is 98.7 Å². The van der Waals surface area contributed by atoms with Crippen LogP contribution in [-0.2, 0) is 0 Å². The van der Waals surface area contributed by atoms with E-state index in [1.807, 2.05) is 0 Å². The first-order valence-electron chi connectivity index (χ1n) is 18.0. The first kappa shape index (κ1) is 30.1. The van der Waals surface area contributed by atoms with Crippen molar-refractivity contribution in [3.05, 3.63) is 206 Å². The summed E-state index contributed by atoms with van der Waals surface area (Å²) in [6.07, 6.45) is 0. The molecule has 0 bridgehead atoms. The second-order valence-corrected chi connectivity index (χ2v) is 13.7. The van der Waals surface area contributed by atoms with Gasteiger partial charge in [0, 0.05) is 0 Å². The van der Waals surface area contributed by atoms with Crippen molar-refractivity contribution in [1.82, 2.24) is 0 Å². The van der Waals surface area contributed by atoms with Crippen molar-refractivity contribution in [1.29, 1.82) is 0 Å². The summed E-state index contributed by atoms with van der Waals surface area (Å²) in [6, 6.07) is 75.6. The molecule has 0 aliphatic rings. The Morgan fingerprint density at radius 2 is 0.673 bits per heavy atom. The van der Waals surface area contributed by atoms with Crippen molar-refractivity contribution < 1.29 is 0 Å².